The zero-order chi connectivity index (χ0) is 46.1. The van der Waals surface area contributed by atoms with Gasteiger partial charge in [-0.1, -0.05) is 176 Å². The fourth-order valence-corrected chi connectivity index (χ4v) is 9.95. The number of allylic oxidation sites excluding steroid dienone is 7. The van der Waals surface area contributed by atoms with Crippen LogP contribution in [0.15, 0.2) is 267 Å². The van der Waals surface area contributed by atoms with E-state index in [-0.39, 0.29) is 0 Å². The zero-order valence-electron chi connectivity index (χ0n) is 38.2. The molecular formula is C65H48N4. The Balaban J connectivity index is 0.853. The van der Waals surface area contributed by atoms with Gasteiger partial charge in [-0.15, -0.1) is 0 Å². The van der Waals surface area contributed by atoms with E-state index in [1.54, 1.807) is 0 Å². The largest absolute Gasteiger partial charge is 0.347 e. The van der Waals surface area contributed by atoms with E-state index in [4.69, 9.17) is 9.97 Å². The van der Waals surface area contributed by atoms with Crippen molar-refractivity contribution in [2.45, 2.75) is 6.42 Å². The van der Waals surface area contributed by atoms with Gasteiger partial charge >= 0.3 is 0 Å². The van der Waals surface area contributed by atoms with Crippen LogP contribution in [-0.4, -0.2) is 21.1 Å². The molecule has 2 aliphatic rings. The second kappa shape index (κ2) is 18.1. The molecule has 12 rings (SSSR count). The van der Waals surface area contributed by atoms with E-state index < -0.39 is 0 Å². The number of nitrogens with zero attached hydrogens (tertiary/aromatic N) is 4. The third kappa shape index (κ3) is 8.34. The molecule has 1 atom stereocenters. The minimum absolute atomic E-state index is 0.353. The number of fused-ring (bicyclic) bond motifs is 5. The topological polar surface area (TPSA) is 34.0 Å². The normalized spacial score (nSPS) is 16.0. The smallest absolute Gasteiger partial charge is 0.160 e. The molecule has 1 aliphatic heterocycles. The Bertz CT molecular complexity index is 3610. The van der Waals surface area contributed by atoms with Crippen LogP contribution in [0.3, 0.4) is 0 Å². The van der Waals surface area contributed by atoms with Crippen molar-refractivity contribution in [2.24, 2.45) is 5.92 Å². The van der Waals surface area contributed by atoms with Crippen LogP contribution in [0.5, 0.6) is 0 Å². The summed E-state index contributed by atoms with van der Waals surface area (Å²) in [7, 11) is 0. The van der Waals surface area contributed by atoms with Crippen LogP contribution < -0.4 is 4.90 Å². The standard InChI is InChI=1S/C65H48N4/c1-45-38-55(54-32-35-64-60(42-54)59-28-11-12-29-63(59)69(64)58-26-9-4-10-27-58)36-37-68(44-46-16-13-21-50(45)39-46)57-33-30-47(31-34-57)51-22-14-23-52(40-51)53-24-15-25-56(41-53)62-43-61(48-17-5-2-6-18-48)66-65(67-62)49-19-7-3-8-20-49/h2-38,40-43,46H,1,39,44H2/b37-36-,55-38+. The van der Waals surface area contributed by atoms with Crippen LogP contribution in [0, 0.1) is 5.92 Å². The van der Waals surface area contributed by atoms with Gasteiger partial charge in [-0.2, -0.15) is 0 Å². The number of hydrogen-bond acceptors (Lipinski definition) is 3. The second-order valence-electron chi connectivity index (χ2n) is 18.0. The van der Waals surface area contributed by atoms with E-state index in [0.717, 1.165) is 80.3 Å². The van der Waals surface area contributed by atoms with E-state index in [1.165, 1.54) is 38.5 Å². The fourth-order valence-electron chi connectivity index (χ4n) is 9.95. The van der Waals surface area contributed by atoms with Gasteiger partial charge in [-0.3, -0.25) is 0 Å². The van der Waals surface area contributed by atoms with Gasteiger partial charge in [0.15, 0.2) is 5.82 Å². The second-order valence-corrected chi connectivity index (χ2v) is 18.0. The van der Waals surface area contributed by atoms with Gasteiger partial charge < -0.3 is 9.47 Å². The summed E-state index contributed by atoms with van der Waals surface area (Å²) in [5, 5.41) is 2.47. The highest BCUT2D eigenvalue weighted by Crippen LogP contribution is 2.38. The predicted octanol–water partition coefficient (Wildman–Crippen LogP) is 16.4. The first-order valence-electron chi connectivity index (χ1n) is 23.7. The van der Waals surface area contributed by atoms with Crippen molar-refractivity contribution in [1.82, 2.24) is 14.5 Å². The summed E-state index contributed by atoms with van der Waals surface area (Å²) in [5.41, 5.74) is 18.8. The maximum Gasteiger partial charge on any atom is 0.160 e. The maximum absolute atomic E-state index is 5.10. The van der Waals surface area contributed by atoms with Crippen molar-refractivity contribution in [3.63, 3.8) is 0 Å². The van der Waals surface area contributed by atoms with Gasteiger partial charge in [0.25, 0.3) is 0 Å². The monoisotopic (exact) mass is 884 g/mol. The van der Waals surface area contributed by atoms with E-state index >= 15 is 0 Å². The van der Waals surface area contributed by atoms with Crippen LogP contribution in [0.25, 0.3) is 89.2 Å². The van der Waals surface area contributed by atoms with Crippen molar-refractivity contribution in [3.8, 4) is 61.8 Å². The van der Waals surface area contributed by atoms with Crippen LogP contribution in [-0.2, 0) is 0 Å². The summed E-state index contributed by atoms with van der Waals surface area (Å²) >= 11 is 0. The average Bonchev–Trinajstić information content (AvgIpc) is 3.76. The molecule has 0 radical (unpaired) electrons. The van der Waals surface area contributed by atoms with Crippen molar-refractivity contribution >= 4 is 33.1 Å². The first-order chi connectivity index (χ1) is 34.1. The highest BCUT2D eigenvalue weighted by atomic mass is 15.1. The molecule has 0 fully saturated rings. The quantitative estimate of drug-likeness (QED) is 0.152. The summed E-state index contributed by atoms with van der Waals surface area (Å²) in [6, 6.07) is 75.5. The van der Waals surface area contributed by atoms with Gasteiger partial charge in [0.1, 0.15) is 0 Å². The molecule has 2 bridgehead atoms. The lowest BCUT2D eigenvalue weighted by atomic mass is 9.88. The Kier molecular flexibility index (Phi) is 10.9. The number of hydrogen-bond donors (Lipinski definition) is 0. The summed E-state index contributed by atoms with van der Waals surface area (Å²) < 4.78 is 2.37. The Morgan fingerprint density at radius 2 is 1.06 bits per heavy atom. The molecule has 1 unspecified atom stereocenters. The number of rotatable bonds is 8. The lowest BCUT2D eigenvalue weighted by molar-refractivity contribution is 0.639. The Morgan fingerprint density at radius 3 is 1.81 bits per heavy atom. The van der Waals surface area contributed by atoms with Crippen LogP contribution in [0.1, 0.15) is 12.0 Å². The highest BCUT2D eigenvalue weighted by molar-refractivity contribution is 6.10. The third-order valence-corrected chi connectivity index (χ3v) is 13.5. The van der Waals surface area contributed by atoms with Crippen molar-refractivity contribution < 1.29 is 0 Å². The van der Waals surface area contributed by atoms with E-state index in [9.17, 15) is 0 Å². The van der Waals surface area contributed by atoms with Crippen LogP contribution >= 0.6 is 0 Å². The Labute approximate surface area is 403 Å². The Hall–Kier alpha value is -8.86. The zero-order valence-corrected chi connectivity index (χ0v) is 38.2. The van der Waals surface area contributed by atoms with Crippen molar-refractivity contribution in [1.29, 1.82) is 0 Å². The van der Waals surface area contributed by atoms with E-state index in [2.05, 4.69) is 241 Å². The molecule has 0 saturated heterocycles. The molecule has 0 saturated carbocycles. The predicted molar refractivity (Wildman–Crippen MR) is 289 cm³/mol. The number of aromatic nitrogens is 3. The molecule has 0 N–H and O–H groups in total. The molecular weight excluding hydrogens is 837 g/mol. The number of anilines is 1. The summed E-state index contributed by atoms with van der Waals surface area (Å²) in [5.74, 6) is 1.06. The summed E-state index contributed by atoms with van der Waals surface area (Å²) in [6.07, 6.45) is 14.5. The van der Waals surface area contributed by atoms with Crippen LogP contribution in [0.4, 0.5) is 5.69 Å². The number of para-hydroxylation sites is 2. The SMILES string of the molecule is C=C1/C=C(c2ccc3c(c2)c2ccccc2n3-c2ccccc2)\C=C/N(c2ccc(-c3cccc(-c4cccc(-c5cc(-c6ccccc6)nc(-c6ccccc6)n5)c4)c3)cc2)CC2C=CC=C1C2. The molecule has 328 valence electrons. The first kappa shape index (κ1) is 41.6. The highest BCUT2D eigenvalue weighted by Gasteiger charge is 2.20. The minimum atomic E-state index is 0.353. The van der Waals surface area contributed by atoms with Gasteiger partial charge in [0, 0.05) is 51.6 Å². The van der Waals surface area contributed by atoms with Crippen molar-refractivity contribution in [3.05, 3.63) is 272 Å². The molecule has 10 aromatic rings. The fraction of sp³-hybridized carbons (Fsp3) is 0.0462. The summed E-state index contributed by atoms with van der Waals surface area (Å²) in [4.78, 5) is 12.5. The molecule has 0 amide bonds. The molecule has 1 aliphatic carbocycles. The van der Waals surface area contributed by atoms with E-state index in [0.29, 0.717) is 11.7 Å². The van der Waals surface area contributed by atoms with E-state index in [1.807, 2.05) is 24.3 Å². The van der Waals surface area contributed by atoms with Crippen LogP contribution in [0.2, 0.25) is 0 Å². The van der Waals surface area contributed by atoms with Gasteiger partial charge in [0.05, 0.1) is 22.4 Å². The molecule has 3 heterocycles. The lowest BCUT2D eigenvalue weighted by Crippen LogP contribution is -2.25. The maximum atomic E-state index is 5.10. The average molecular weight is 885 g/mol. The lowest BCUT2D eigenvalue weighted by Gasteiger charge is -2.28. The first-order valence-corrected chi connectivity index (χ1v) is 23.7. The molecule has 69 heavy (non-hydrogen) atoms. The minimum Gasteiger partial charge on any atom is -0.347 e. The van der Waals surface area contributed by atoms with Crippen molar-refractivity contribution in [2.75, 3.05) is 11.4 Å². The molecule has 2 aromatic heterocycles. The summed E-state index contributed by atoms with van der Waals surface area (Å²) in [6.45, 7) is 5.44. The Morgan fingerprint density at radius 1 is 0.464 bits per heavy atom. The van der Waals surface area contributed by atoms with Gasteiger partial charge in [0.2, 0.25) is 0 Å². The molecule has 4 nitrogen and oxygen atoms in total. The van der Waals surface area contributed by atoms with Gasteiger partial charge in [-0.25, -0.2) is 9.97 Å². The molecule has 4 heteroatoms. The van der Waals surface area contributed by atoms with Gasteiger partial charge in [-0.05, 0) is 130 Å². The number of benzene rings is 8. The third-order valence-electron chi connectivity index (χ3n) is 13.5. The molecule has 8 aromatic carbocycles. The molecule has 0 spiro atoms.